The highest BCUT2D eigenvalue weighted by molar-refractivity contribution is 5.91. The van der Waals surface area contributed by atoms with Crippen molar-refractivity contribution in [2.75, 3.05) is 7.11 Å². The Morgan fingerprint density at radius 2 is 1.95 bits per heavy atom. The molecule has 5 heteroatoms. The third-order valence-electron chi connectivity index (χ3n) is 3.10. The number of fused-ring (bicyclic) bond motifs is 1. The Bertz CT molecular complexity index is 837. The Hall–Kier alpha value is -2.69. The van der Waals surface area contributed by atoms with Crippen LogP contribution >= 0.6 is 0 Å². The van der Waals surface area contributed by atoms with Crippen LogP contribution in [0.2, 0.25) is 0 Å². The van der Waals surface area contributed by atoms with Crippen LogP contribution in [0.3, 0.4) is 0 Å². The van der Waals surface area contributed by atoms with Crippen LogP contribution in [0.5, 0.6) is 0 Å². The summed E-state index contributed by atoms with van der Waals surface area (Å²) in [6.45, 7) is 0. The topological polar surface area (TPSA) is 39.4 Å². The van der Waals surface area contributed by atoms with E-state index in [-0.39, 0.29) is 16.9 Å². The van der Waals surface area contributed by atoms with E-state index in [1.165, 1.54) is 25.3 Å². The van der Waals surface area contributed by atoms with Gasteiger partial charge < -0.3 is 9.15 Å². The van der Waals surface area contributed by atoms with E-state index in [1.54, 1.807) is 18.2 Å². The third kappa shape index (κ3) is 2.38. The summed E-state index contributed by atoms with van der Waals surface area (Å²) >= 11 is 0. The van der Waals surface area contributed by atoms with Crippen molar-refractivity contribution in [1.29, 1.82) is 0 Å². The van der Waals surface area contributed by atoms with Gasteiger partial charge in [0.25, 0.3) is 0 Å². The molecule has 0 spiro atoms. The normalized spacial score (nSPS) is 10.8. The summed E-state index contributed by atoms with van der Waals surface area (Å²) in [5.41, 5.74) is 0.496. The molecule has 0 saturated carbocycles. The molecule has 21 heavy (non-hydrogen) atoms. The average Bonchev–Trinajstić information content (AvgIpc) is 2.91. The fourth-order valence-electron chi connectivity index (χ4n) is 2.14. The lowest BCUT2D eigenvalue weighted by Crippen LogP contribution is -2.01. The maximum Gasteiger partial charge on any atom is 0.337 e. The van der Waals surface area contributed by atoms with Crippen molar-refractivity contribution >= 4 is 16.9 Å². The quantitative estimate of drug-likeness (QED) is 0.664. The third-order valence-corrected chi connectivity index (χ3v) is 3.10. The van der Waals surface area contributed by atoms with Crippen LogP contribution in [-0.4, -0.2) is 13.1 Å². The zero-order chi connectivity index (χ0) is 15.0. The number of furan rings is 1. The molecule has 0 unspecified atom stereocenters. The summed E-state index contributed by atoms with van der Waals surface area (Å²) in [6.07, 6.45) is 0. The molecule has 0 fully saturated rings. The van der Waals surface area contributed by atoms with Gasteiger partial charge in [-0.25, -0.2) is 13.6 Å². The second-order valence-corrected chi connectivity index (χ2v) is 4.49. The summed E-state index contributed by atoms with van der Waals surface area (Å²) in [5, 5.41) is 0.564. The standard InChI is InChI=1S/C16H10F2O3/c1-20-16(19)11-5-10(6-12(17)7-11)14-8-9-3-2-4-13(18)15(9)21-14/h2-8H,1H3. The van der Waals surface area contributed by atoms with Gasteiger partial charge in [0.05, 0.1) is 12.7 Å². The van der Waals surface area contributed by atoms with Crippen LogP contribution in [0, 0.1) is 11.6 Å². The fraction of sp³-hybridized carbons (Fsp3) is 0.0625. The van der Waals surface area contributed by atoms with Gasteiger partial charge in [-0.05, 0) is 30.3 Å². The van der Waals surface area contributed by atoms with Crippen molar-refractivity contribution in [2.24, 2.45) is 0 Å². The number of benzene rings is 2. The van der Waals surface area contributed by atoms with Crippen LogP contribution in [0.4, 0.5) is 8.78 Å². The summed E-state index contributed by atoms with van der Waals surface area (Å²) in [6, 6.07) is 9.83. The first-order chi connectivity index (χ1) is 10.1. The van der Waals surface area contributed by atoms with Gasteiger partial charge in [-0.15, -0.1) is 0 Å². The second kappa shape index (κ2) is 5.01. The van der Waals surface area contributed by atoms with Crippen molar-refractivity contribution in [2.45, 2.75) is 0 Å². The van der Waals surface area contributed by atoms with Gasteiger partial charge in [-0.2, -0.15) is 0 Å². The number of hydrogen-bond donors (Lipinski definition) is 0. The van der Waals surface area contributed by atoms with E-state index in [2.05, 4.69) is 4.74 Å². The SMILES string of the molecule is COC(=O)c1cc(F)cc(-c2cc3cccc(F)c3o2)c1. The highest BCUT2D eigenvalue weighted by Gasteiger charge is 2.14. The molecule has 0 aliphatic rings. The number of carbonyl (C=O) groups is 1. The molecule has 0 amide bonds. The Morgan fingerprint density at radius 1 is 1.14 bits per heavy atom. The number of halogens is 2. The molecule has 1 aromatic heterocycles. The molecular formula is C16H10F2O3. The lowest BCUT2D eigenvalue weighted by atomic mass is 10.1. The largest absolute Gasteiger partial charge is 0.465 e. The number of ether oxygens (including phenoxy) is 1. The molecule has 0 radical (unpaired) electrons. The summed E-state index contributed by atoms with van der Waals surface area (Å²) < 4.78 is 37.2. The van der Waals surface area contributed by atoms with Gasteiger partial charge >= 0.3 is 5.97 Å². The molecule has 2 aromatic carbocycles. The number of carbonyl (C=O) groups excluding carboxylic acids is 1. The number of esters is 1. The molecule has 0 atom stereocenters. The lowest BCUT2D eigenvalue weighted by molar-refractivity contribution is 0.0600. The highest BCUT2D eigenvalue weighted by Crippen LogP contribution is 2.30. The van der Waals surface area contributed by atoms with Gasteiger partial charge in [-0.1, -0.05) is 12.1 Å². The monoisotopic (exact) mass is 288 g/mol. The van der Waals surface area contributed by atoms with Crippen molar-refractivity contribution < 1.29 is 22.7 Å². The van der Waals surface area contributed by atoms with Gasteiger partial charge in [0, 0.05) is 10.9 Å². The number of methoxy groups -OCH3 is 1. The van der Waals surface area contributed by atoms with E-state index >= 15 is 0 Å². The summed E-state index contributed by atoms with van der Waals surface area (Å²) in [4.78, 5) is 11.5. The number of rotatable bonds is 2. The van der Waals surface area contributed by atoms with Crippen molar-refractivity contribution in [3.05, 3.63) is 59.7 Å². The molecule has 3 aromatic rings. The highest BCUT2D eigenvalue weighted by atomic mass is 19.1. The minimum absolute atomic E-state index is 0.0634. The first-order valence-corrected chi connectivity index (χ1v) is 6.16. The maximum atomic E-state index is 13.6. The molecular weight excluding hydrogens is 278 g/mol. The predicted octanol–water partition coefficient (Wildman–Crippen LogP) is 4.16. The van der Waals surface area contributed by atoms with Crippen LogP contribution < -0.4 is 0 Å². The van der Waals surface area contributed by atoms with Crippen molar-refractivity contribution in [1.82, 2.24) is 0 Å². The minimum Gasteiger partial charge on any atom is -0.465 e. The van der Waals surface area contributed by atoms with E-state index in [0.717, 1.165) is 6.07 Å². The van der Waals surface area contributed by atoms with E-state index in [4.69, 9.17) is 4.42 Å². The van der Waals surface area contributed by atoms with Gasteiger partial charge in [0.1, 0.15) is 11.6 Å². The molecule has 1 heterocycles. The smallest absolute Gasteiger partial charge is 0.337 e. The second-order valence-electron chi connectivity index (χ2n) is 4.49. The zero-order valence-electron chi connectivity index (χ0n) is 11.0. The van der Waals surface area contributed by atoms with E-state index in [0.29, 0.717) is 10.9 Å². The fourth-order valence-corrected chi connectivity index (χ4v) is 2.14. The minimum atomic E-state index is -0.655. The lowest BCUT2D eigenvalue weighted by Gasteiger charge is -2.02. The maximum absolute atomic E-state index is 13.6. The zero-order valence-corrected chi connectivity index (χ0v) is 11.0. The predicted molar refractivity (Wildman–Crippen MR) is 72.9 cm³/mol. The number of para-hydroxylation sites is 1. The van der Waals surface area contributed by atoms with Crippen LogP contribution in [0.15, 0.2) is 46.9 Å². The van der Waals surface area contributed by atoms with Crippen molar-refractivity contribution in [3.8, 4) is 11.3 Å². The number of hydrogen-bond acceptors (Lipinski definition) is 3. The van der Waals surface area contributed by atoms with Crippen LogP contribution in [0.25, 0.3) is 22.3 Å². The Morgan fingerprint density at radius 3 is 2.67 bits per heavy atom. The van der Waals surface area contributed by atoms with Crippen LogP contribution in [0.1, 0.15) is 10.4 Å². The molecule has 0 saturated heterocycles. The molecule has 0 aliphatic heterocycles. The average molecular weight is 288 g/mol. The van der Waals surface area contributed by atoms with Crippen LogP contribution in [-0.2, 0) is 4.74 Å². The van der Waals surface area contributed by atoms with E-state index in [9.17, 15) is 13.6 Å². The van der Waals surface area contributed by atoms with E-state index in [1.807, 2.05) is 0 Å². The summed E-state index contributed by atoms with van der Waals surface area (Å²) in [7, 11) is 1.21. The molecule has 0 aliphatic carbocycles. The van der Waals surface area contributed by atoms with Gasteiger partial charge in [-0.3, -0.25) is 0 Å². The summed E-state index contributed by atoms with van der Waals surface area (Å²) in [5.74, 6) is -1.48. The van der Waals surface area contributed by atoms with E-state index < -0.39 is 17.6 Å². The Labute approximate surface area is 118 Å². The molecule has 0 bridgehead atoms. The Kier molecular flexibility index (Phi) is 3.17. The molecule has 3 rings (SSSR count). The molecule has 3 nitrogen and oxygen atoms in total. The Balaban J connectivity index is 2.16. The van der Waals surface area contributed by atoms with Gasteiger partial charge in [0.2, 0.25) is 0 Å². The first-order valence-electron chi connectivity index (χ1n) is 6.16. The molecule has 0 N–H and O–H groups in total. The van der Waals surface area contributed by atoms with Crippen molar-refractivity contribution in [3.63, 3.8) is 0 Å². The van der Waals surface area contributed by atoms with Gasteiger partial charge in [0.15, 0.2) is 11.4 Å². The molecule has 106 valence electrons. The first kappa shape index (κ1) is 13.3.